The van der Waals surface area contributed by atoms with E-state index in [1.165, 1.54) is 6.42 Å². The Labute approximate surface area is 185 Å². The van der Waals surface area contributed by atoms with E-state index in [9.17, 15) is 0 Å². The number of pyridine rings is 1. The van der Waals surface area contributed by atoms with Crippen molar-refractivity contribution >= 4 is 17.2 Å². The van der Waals surface area contributed by atoms with Crippen LogP contribution >= 0.6 is 0 Å². The van der Waals surface area contributed by atoms with Crippen LogP contribution in [0.15, 0.2) is 36.7 Å². The number of aryl methyl sites for hydroxylation is 2. The molecule has 1 N–H and O–H groups in total. The van der Waals surface area contributed by atoms with Crippen molar-refractivity contribution in [1.29, 1.82) is 0 Å². The molecule has 1 atom stereocenters. The summed E-state index contributed by atoms with van der Waals surface area (Å²) in [5.41, 5.74) is 3.71. The van der Waals surface area contributed by atoms with E-state index in [1.807, 2.05) is 47.6 Å². The van der Waals surface area contributed by atoms with Gasteiger partial charge < -0.3 is 14.8 Å². The smallest absolute Gasteiger partial charge is 0.318 e. The molecule has 0 amide bonds. The number of nitrogens with zero attached hydrogens (tertiary/aromatic N) is 7. The Morgan fingerprint density at radius 3 is 2.78 bits per heavy atom. The fourth-order valence-electron chi connectivity index (χ4n) is 3.85. The maximum absolute atomic E-state index is 6.13. The van der Waals surface area contributed by atoms with Crippen LogP contribution in [-0.2, 0) is 7.05 Å². The van der Waals surface area contributed by atoms with Crippen molar-refractivity contribution in [3.8, 4) is 23.0 Å². The fourth-order valence-corrected chi connectivity index (χ4v) is 3.85. The van der Waals surface area contributed by atoms with Gasteiger partial charge in [-0.2, -0.15) is 15.2 Å². The Kier molecular flexibility index (Phi) is 5.14. The molecule has 0 saturated carbocycles. The summed E-state index contributed by atoms with van der Waals surface area (Å²) in [6.45, 7) is 3.69. The van der Waals surface area contributed by atoms with Crippen LogP contribution in [0.25, 0.3) is 16.8 Å². The first kappa shape index (κ1) is 20.3. The summed E-state index contributed by atoms with van der Waals surface area (Å²) in [5.74, 6) is 2.09. The Hall–Kier alpha value is -3.66. The van der Waals surface area contributed by atoms with Crippen LogP contribution in [0.2, 0.25) is 0 Å². The lowest BCUT2D eigenvalue weighted by Gasteiger charge is -2.37. The summed E-state index contributed by atoms with van der Waals surface area (Å²) >= 11 is 0. The van der Waals surface area contributed by atoms with E-state index < -0.39 is 0 Å². The highest BCUT2D eigenvalue weighted by atomic mass is 16.5. The number of hydrogen-bond donors (Lipinski definition) is 1. The van der Waals surface area contributed by atoms with Gasteiger partial charge in [0.15, 0.2) is 11.6 Å². The van der Waals surface area contributed by atoms with Crippen LogP contribution < -0.4 is 14.8 Å². The Balaban J connectivity index is 1.40. The maximum atomic E-state index is 6.13. The van der Waals surface area contributed by atoms with E-state index in [4.69, 9.17) is 9.47 Å². The molecular weight excluding hydrogens is 408 g/mol. The zero-order valence-corrected chi connectivity index (χ0v) is 18.6. The van der Waals surface area contributed by atoms with Gasteiger partial charge in [-0.25, -0.2) is 9.50 Å². The van der Waals surface area contributed by atoms with Gasteiger partial charge in [0.25, 0.3) is 0 Å². The van der Waals surface area contributed by atoms with Gasteiger partial charge >= 0.3 is 6.01 Å². The van der Waals surface area contributed by atoms with Crippen molar-refractivity contribution in [2.24, 2.45) is 7.05 Å². The van der Waals surface area contributed by atoms with E-state index in [0.717, 1.165) is 34.8 Å². The molecule has 0 aliphatic carbocycles. The second-order valence-corrected chi connectivity index (χ2v) is 8.04. The standard InChI is InChI=1S/C22H26N8O2/c1-14-9-19(26-22(24-14)31-4)25-20-11-17-10-15(5-8-30(17)27-20)21-18(12-23-29(21)3)32-13-16-6-7-28(16)2/h5,8-12,16H,6-7,13H2,1-4H3,(H,24,25,26,27)/t16-/m1/s1. The van der Waals surface area contributed by atoms with Crippen LogP contribution in [0.1, 0.15) is 12.1 Å². The molecule has 4 aromatic rings. The van der Waals surface area contributed by atoms with E-state index in [-0.39, 0.29) is 0 Å². The molecule has 0 unspecified atom stereocenters. The third-order valence-corrected chi connectivity index (χ3v) is 5.78. The van der Waals surface area contributed by atoms with Gasteiger partial charge in [-0.3, -0.25) is 9.58 Å². The van der Waals surface area contributed by atoms with Gasteiger partial charge in [0.2, 0.25) is 0 Å². The molecule has 1 fully saturated rings. The van der Waals surface area contributed by atoms with E-state index in [1.54, 1.807) is 13.3 Å². The molecule has 0 spiro atoms. The Bertz CT molecular complexity index is 1260. The number of nitrogens with one attached hydrogen (secondary N) is 1. The quantitative estimate of drug-likeness (QED) is 0.474. The van der Waals surface area contributed by atoms with Crippen LogP contribution in [0.5, 0.6) is 11.8 Å². The topological polar surface area (TPSA) is 94.6 Å². The highest BCUT2D eigenvalue weighted by molar-refractivity contribution is 5.72. The lowest BCUT2D eigenvalue weighted by Crippen LogP contribution is -2.48. The zero-order valence-electron chi connectivity index (χ0n) is 18.6. The first-order valence-electron chi connectivity index (χ1n) is 10.5. The first-order chi connectivity index (χ1) is 15.5. The molecule has 166 valence electrons. The highest BCUT2D eigenvalue weighted by Crippen LogP contribution is 2.31. The molecular formula is C22H26N8O2. The third-order valence-electron chi connectivity index (χ3n) is 5.78. The van der Waals surface area contributed by atoms with Crippen molar-refractivity contribution in [2.45, 2.75) is 19.4 Å². The molecule has 32 heavy (non-hydrogen) atoms. The number of fused-ring (bicyclic) bond motifs is 1. The van der Waals surface area contributed by atoms with Crippen molar-refractivity contribution in [3.05, 3.63) is 42.4 Å². The molecule has 10 nitrogen and oxygen atoms in total. The lowest BCUT2D eigenvalue weighted by atomic mass is 10.1. The second-order valence-electron chi connectivity index (χ2n) is 8.04. The summed E-state index contributed by atoms with van der Waals surface area (Å²) in [6, 6.07) is 8.68. The maximum Gasteiger partial charge on any atom is 0.318 e. The monoisotopic (exact) mass is 434 g/mol. The predicted molar refractivity (Wildman–Crippen MR) is 121 cm³/mol. The zero-order chi connectivity index (χ0) is 22.2. The average molecular weight is 435 g/mol. The van der Waals surface area contributed by atoms with Gasteiger partial charge in [-0.1, -0.05) is 0 Å². The summed E-state index contributed by atoms with van der Waals surface area (Å²) < 4.78 is 14.9. The Morgan fingerprint density at radius 2 is 2.03 bits per heavy atom. The van der Waals surface area contributed by atoms with Gasteiger partial charge in [-0.05, 0) is 39.1 Å². The fraction of sp³-hybridized carbons (Fsp3) is 0.364. The highest BCUT2D eigenvalue weighted by Gasteiger charge is 2.25. The van der Waals surface area contributed by atoms with Crippen LogP contribution in [0, 0.1) is 6.92 Å². The molecule has 0 radical (unpaired) electrons. The second kappa shape index (κ2) is 8.12. The van der Waals surface area contributed by atoms with Crippen molar-refractivity contribution in [2.75, 3.05) is 32.6 Å². The molecule has 1 aliphatic rings. The van der Waals surface area contributed by atoms with Crippen molar-refractivity contribution < 1.29 is 9.47 Å². The van der Waals surface area contributed by atoms with E-state index in [2.05, 4.69) is 43.5 Å². The molecule has 1 aliphatic heterocycles. The minimum Gasteiger partial charge on any atom is -0.488 e. The van der Waals surface area contributed by atoms with Gasteiger partial charge in [0.05, 0.1) is 18.8 Å². The largest absolute Gasteiger partial charge is 0.488 e. The molecule has 4 aromatic heterocycles. The van der Waals surface area contributed by atoms with Gasteiger partial charge in [0, 0.05) is 42.7 Å². The predicted octanol–water partition coefficient (Wildman–Crippen LogP) is 2.67. The van der Waals surface area contributed by atoms with E-state index in [0.29, 0.717) is 30.3 Å². The SMILES string of the molecule is COc1nc(C)cc(Nc2cc3cc(-c4c(OC[C@H]5CCN5C)cnn4C)ccn3n2)n1. The van der Waals surface area contributed by atoms with E-state index >= 15 is 0 Å². The molecule has 10 heteroatoms. The normalized spacial score (nSPS) is 16.2. The minimum absolute atomic E-state index is 0.315. The van der Waals surface area contributed by atoms with Gasteiger partial charge in [0.1, 0.15) is 18.1 Å². The average Bonchev–Trinajstić information content (AvgIpc) is 3.34. The molecule has 0 aromatic carbocycles. The number of methoxy groups -OCH3 is 1. The Morgan fingerprint density at radius 1 is 1.16 bits per heavy atom. The third kappa shape index (κ3) is 3.84. The number of likely N-dealkylation sites (tertiary alicyclic amines) is 1. The molecule has 5 heterocycles. The van der Waals surface area contributed by atoms with Crippen molar-refractivity contribution in [3.63, 3.8) is 0 Å². The molecule has 1 saturated heterocycles. The number of ether oxygens (including phenoxy) is 2. The van der Waals surface area contributed by atoms with Crippen LogP contribution in [0.4, 0.5) is 11.6 Å². The van der Waals surface area contributed by atoms with Crippen molar-refractivity contribution in [1.82, 2.24) is 34.3 Å². The summed E-state index contributed by atoms with van der Waals surface area (Å²) in [6.07, 6.45) is 4.88. The lowest BCUT2D eigenvalue weighted by molar-refractivity contribution is 0.0771. The summed E-state index contributed by atoms with van der Waals surface area (Å²) in [5, 5.41) is 12.2. The molecule has 5 rings (SSSR count). The summed E-state index contributed by atoms with van der Waals surface area (Å²) in [7, 11) is 5.60. The minimum atomic E-state index is 0.315. The number of anilines is 2. The molecule has 0 bridgehead atoms. The van der Waals surface area contributed by atoms with Gasteiger partial charge in [-0.15, -0.1) is 0 Å². The number of rotatable bonds is 7. The number of likely N-dealkylation sites (N-methyl/N-ethyl adjacent to an activating group) is 1. The first-order valence-corrected chi connectivity index (χ1v) is 10.5. The number of aromatic nitrogens is 6. The number of hydrogen-bond acceptors (Lipinski definition) is 8. The summed E-state index contributed by atoms with van der Waals surface area (Å²) in [4.78, 5) is 10.8. The van der Waals surface area contributed by atoms with Crippen LogP contribution in [0.3, 0.4) is 0 Å². The van der Waals surface area contributed by atoms with Crippen LogP contribution in [-0.4, -0.2) is 67.6 Å².